The molecular formula is C17H24N2O. The van der Waals surface area contributed by atoms with E-state index in [-0.39, 0.29) is 0 Å². The second kappa shape index (κ2) is 6.42. The number of fused-ring (bicyclic) bond motifs is 1. The maximum Gasteiger partial charge on any atom is 0.134 e. The van der Waals surface area contributed by atoms with Crippen LogP contribution in [0.15, 0.2) is 28.7 Å². The van der Waals surface area contributed by atoms with Gasteiger partial charge in [0.1, 0.15) is 11.3 Å². The number of nitrogens with zero attached hydrogens (tertiary/aromatic N) is 1. The SMILES string of the molecule is CCCNCc1oc2ccccc2c1CN1CCCC1. The maximum atomic E-state index is 6.07. The Balaban J connectivity index is 1.86. The number of para-hydroxylation sites is 1. The lowest BCUT2D eigenvalue weighted by Crippen LogP contribution is -2.20. The minimum atomic E-state index is 0.839. The zero-order valence-electron chi connectivity index (χ0n) is 12.3. The van der Waals surface area contributed by atoms with Crippen LogP contribution in [0.5, 0.6) is 0 Å². The Morgan fingerprint density at radius 2 is 2.00 bits per heavy atom. The summed E-state index contributed by atoms with van der Waals surface area (Å²) in [5, 5.41) is 4.75. The molecule has 0 amide bonds. The summed E-state index contributed by atoms with van der Waals surface area (Å²) in [6.07, 6.45) is 3.82. The van der Waals surface area contributed by atoms with Gasteiger partial charge in [-0.2, -0.15) is 0 Å². The van der Waals surface area contributed by atoms with E-state index in [1.165, 1.54) is 36.9 Å². The Kier molecular flexibility index (Phi) is 4.38. The third kappa shape index (κ3) is 2.89. The minimum Gasteiger partial charge on any atom is -0.459 e. The Hall–Kier alpha value is -1.32. The largest absolute Gasteiger partial charge is 0.459 e. The summed E-state index contributed by atoms with van der Waals surface area (Å²) >= 11 is 0. The van der Waals surface area contributed by atoms with E-state index in [0.717, 1.165) is 37.4 Å². The third-order valence-electron chi connectivity index (χ3n) is 4.07. The molecule has 3 rings (SSSR count). The molecule has 2 aromatic rings. The molecule has 1 fully saturated rings. The lowest BCUT2D eigenvalue weighted by atomic mass is 10.1. The molecule has 20 heavy (non-hydrogen) atoms. The van der Waals surface area contributed by atoms with Crippen molar-refractivity contribution in [1.29, 1.82) is 0 Å². The van der Waals surface area contributed by atoms with Gasteiger partial charge in [0.05, 0.1) is 6.54 Å². The van der Waals surface area contributed by atoms with Gasteiger partial charge in [0.2, 0.25) is 0 Å². The molecule has 3 heteroatoms. The topological polar surface area (TPSA) is 28.4 Å². The van der Waals surface area contributed by atoms with Crippen LogP contribution in [0, 0.1) is 0 Å². The standard InChI is InChI=1S/C17H24N2O/c1-2-9-18-12-17-15(13-19-10-5-6-11-19)14-7-3-4-8-16(14)20-17/h3-4,7-8,18H,2,5-6,9-13H2,1H3. The maximum absolute atomic E-state index is 6.07. The van der Waals surface area contributed by atoms with Gasteiger partial charge in [0.15, 0.2) is 0 Å². The van der Waals surface area contributed by atoms with Crippen molar-refractivity contribution in [2.75, 3.05) is 19.6 Å². The van der Waals surface area contributed by atoms with Crippen molar-refractivity contribution >= 4 is 11.0 Å². The number of likely N-dealkylation sites (tertiary alicyclic amines) is 1. The van der Waals surface area contributed by atoms with Crippen LogP contribution in [0.4, 0.5) is 0 Å². The first-order valence-electron chi connectivity index (χ1n) is 7.81. The van der Waals surface area contributed by atoms with E-state index in [0.29, 0.717) is 0 Å². The van der Waals surface area contributed by atoms with E-state index in [9.17, 15) is 0 Å². The number of furan rings is 1. The quantitative estimate of drug-likeness (QED) is 0.815. The Labute approximate surface area is 120 Å². The molecule has 1 saturated heterocycles. The van der Waals surface area contributed by atoms with E-state index in [1.54, 1.807) is 0 Å². The molecule has 1 aromatic carbocycles. The Morgan fingerprint density at radius 3 is 2.80 bits per heavy atom. The molecule has 1 aromatic heterocycles. The zero-order chi connectivity index (χ0) is 13.8. The molecular weight excluding hydrogens is 248 g/mol. The first-order valence-corrected chi connectivity index (χ1v) is 7.81. The Bertz CT molecular complexity index is 555. The molecule has 0 bridgehead atoms. The van der Waals surface area contributed by atoms with Gasteiger partial charge in [0.25, 0.3) is 0 Å². The van der Waals surface area contributed by atoms with E-state index in [2.05, 4.69) is 41.4 Å². The predicted octanol–water partition coefficient (Wildman–Crippen LogP) is 3.53. The Morgan fingerprint density at radius 1 is 1.20 bits per heavy atom. The summed E-state index contributed by atoms with van der Waals surface area (Å²) in [4.78, 5) is 2.54. The molecule has 0 aliphatic carbocycles. The van der Waals surface area contributed by atoms with Gasteiger partial charge in [-0.3, -0.25) is 4.90 Å². The second-order valence-corrected chi connectivity index (χ2v) is 5.66. The normalized spacial score (nSPS) is 16.2. The molecule has 0 saturated carbocycles. The highest BCUT2D eigenvalue weighted by atomic mass is 16.3. The van der Waals surface area contributed by atoms with Gasteiger partial charge >= 0.3 is 0 Å². The molecule has 0 radical (unpaired) electrons. The van der Waals surface area contributed by atoms with Gasteiger partial charge in [-0.25, -0.2) is 0 Å². The van der Waals surface area contributed by atoms with Crippen molar-refractivity contribution in [3.05, 3.63) is 35.6 Å². The van der Waals surface area contributed by atoms with Crippen molar-refractivity contribution < 1.29 is 4.42 Å². The number of nitrogens with one attached hydrogen (secondary N) is 1. The van der Waals surface area contributed by atoms with Crippen LogP contribution in [0.3, 0.4) is 0 Å². The smallest absolute Gasteiger partial charge is 0.134 e. The number of hydrogen-bond donors (Lipinski definition) is 1. The van der Waals surface area contributed by atoms with Crippen molar-refractivity contribution in [3.63, 3.8) is 0 Å². The average molecular weight is 272 g/mol. The van der Waals surface area contributed by atoms with Crippen molar-refractivity contribution in [1.82, 2.24) is 10.2 Å². The molecule has 1 aliphatic rings. The number of rotatable bonds is 6. The molecule has 3 nitrogen and oxygen atoms in total. The number of benzene rings is 1. The van der Waals surface area contributed by atoms with Gasteiger partial charge in [0, 0.05) is 17.5 Å². The van der Waals surface area contributed by atoms with Gasteiger partial charge < -0.3 is 9.73 Å². The fourth-order valence-corrected chi connectivity index (χ4v) is 3.01. The minimum absolute atomic E-state index is 0.839. The highest BCUT2D eigenvalue weighted by molar-refractivity contribution is 5.82. The first kappa shape index (κ1) is 13.7. The van der Waals surface area contributed by atoms with Crippen LogP contribution >= 0.6 is 0 Å². The summed E-state index contributed by atoms with van der Waals surface area (Å²) in [5.41, 5.74) is 2.40. The highest BCUT2D eigenvalue weighted by Crippen LogP contribution is 2.28. The molecule has 0 spiro atoms. The van der Waals surface area contributed by atoms with E-state index in [4.69, 9.17) is 4.42 Å². The summed E-state index contributed by atoms with van der Waals surface area (Å²) < 4.78 is 6.07. The summed E-state index contributed by atoms with van der Waals surface area (Å²) in [5.74, 6) is 1.12. The van der Waals surface area contributed by atoms with Crippen molar-refractivity contribution in [2.24, 2.45) is 0 Å². The monoisotopic (exact) mass is 272 g/mol. The predicted molar refractivity (Wildman–Crippen MR) is 82.7 cm³/mol. The van der Waals surface area contributed by atoms with Gasteiger partial charge in [-0.05, 0) is 45.0 Å². The van der Waals surface area contributed by atoms with Crippen molar-refractivity contribution in [2.45, 2.75) is 39.3 Å². The van der Waals surface area contributed by atoms with Crippen LogP contribution in [0.2, 0.25) is 0 Å². The molecule has 0 unspecified atom stereocenters. The lowest BCUT2D eigenvalue weighted by Gasteiger charge is -2.15. The highest BCUT2D eigenvalue weighted by Gasteiger charge is 2.18. The number of hydrogen-bond acceptors (Lipinski definition) is 3. The average Bonchev–Trinajstić information content (AvgIpc) is 3.09. The van der Waals surface area contributed by atoms with Gasteiger partial charge in [-0.15, -0.1) is 0 Å². The zero-order valence-corrected chi connectivity index (χ0v) is 12.3. The lowest BCUT2D eigenvalue weighted by molar-refractivity contribution is 0.328. The van der Waals surface area contributed by atoms with Crippen LogP contribution in [0.25, 0.3) is 11.0 Å². The second-order valence-electron chi connectivity index (χ2n) is 5.66. The summed E-state index contributed by atoms with van der Waals surface area (Å²) in [6, 6.07) is 8.42. The van der Waals surface area contributed by atoms with E-state index < -0.39 is 0 Å². The van der Waals surface area contributed by atoms with E-state index in [1.807, 2.05) is 0 Å². The van der Waals surface area contributed by atoms with Crippen LogP contribution in [-0.4, -0.2) is 24.5 Å². The molecule has 1 N–H and O–H groups in total. The molecule has 108 valence electrons. The fraction of sp³-hybridized carbons (Fsp3) is 0.529. The third-order valence-corrected chi connectivity index (χ3v) is 4.07. The van der Waals surface area contributed by atoms with Crippen LogP contribution in [-0.2, 0) is 13.1 Å². The summed E-state index contributed by atoms with van der Waals surface area (Å²) in [6.45, 7) is 7.55. The summed E-state index contributed by atoms with van der Waals surface area (Å²) in [7, 11) is 0. The molecule has 1 aliphatic heterocycles. The fourth-order valence-electron chi connectivity index (χ4n) is 3.01. The molecule has 2 heterocycles. The molecule has 0 atom stereocenters. The van der Waals surface area contributed by atoms with Crippen LogP contribution < -0.4 is 5.32 Å². The first-order chi connectivity index (χ1) is 9.88. The van der Waals surface area contributed by atoms with E-state index >= 15 is 0 Å². The van der Waals surface area contributed by atoms with Crippen molar-refractivity contribution in [3.8, 4) is 0 Å². The van der Waals surface area contributed by atoms with Gasteiger partial charge in [-0.1, -0.05) is 25.1 Å². The van der Waals surface area contributed by atoms with Crippen LogP contribution in [0.1, 0.15) is 37.5 Å².